The molecule has 0 saturated heterocycles. The first kappa shape index (κ1) is 15.8. The van der Waals surface area contributed by atoms with E-state index in [-0.39, 0.29) is 6.10 Å². The van der Waals surface area contributed by atoms with E-state index in [9.17, 15) is 5.26 Å². The maximum Gasteiger partial charge on any atom is 0.183 e. The van der Waals surface area contributed by atoms with Crippen molar-refractivity contribution in [3.05, 3.63) is 36.5 Å². The van der Waals surface area contributed by atoms with Crippen LogP contribution in [0, 0.1) is 11.3 Å². The normalized spacial score (nSPS) is 14.8. The molecule has 27 heavy (non-hydrogen) atoms. The number of fused-ring (bicyclic) bond motifs is 3. The number of aryl methyl sites for hydroxylation is 1. The molecule has 0 bridgehead atoms. The summed E-state index contributed by atoms with van der Waals surface area (Å²) >= 11 is 0. The number of aromatic nitrogens is 5. The number of ether oxygens (including phenoxy) is 1. The van der Waals surface area contributed by atoms with Gasteiger partial charge in [0, 0.05) is 36.0 Å². The molecule has 4 aromatic rings. The topological polar surface area (TPSA) is 92.4 Å². The Bertz CT molecular complexity index is 1190. The second-order valence-electron chi connectivity index (χ2n) is 7.01. The van der Waals surface area contributed by atoms with E-state index in [1.54, 1.807) is 10.9 Å². The fourth-order valence-corrected chi connectivity index (χ4v) is 3.83. The number of nitrogens with zero attached hydrogens (tertiary/aromatic N) is 5. The Hall–Kier alpha value is -3.40. The van der Waals surface area contributed by atoms with Gasteiger partial charge < -0.3 is 9.72 Å². The van der Waals surface area contributed by atoms with E-state index in [1.807, 2.05) is 25.6 Å². The van der Waals surface area contributed by atoms with Gasteiger partial charge in [-0.2, -0.15) is 10.4 Å². The summed E-state index contributed by atoms with van der Waals surface area (Å²) in [6.45, 7) is 0. The molecule has 0 spiro atoms. The third-order valence-electron chi connectivity index (χ3n) is 5.18. The molecule has 1 aliphatic carbocycles. The van der Waals surface area contributed by atoms with Gasteiger partial charge in [-0.3, -0.25) is 4.68 Å². The zero-order valence-electron chi connectivity index (χ0n) is 14.9. The number of aromatic amines is 1. The predicted octanol–water partition coefficient (Wildman–Crippen LogP) is 3.70. The lowest BCUT2D eigenvalue weighted by molar-refractivity contribution is 0.211. The van der Waals surface area contributed by atoms with Gasteiger partial charge in [0.15, 0.2) is 11.4 Å². The van der Waals surface area contributed by atoms with Crippen molar-refractivity contribution in [1.82, 2.24) is 24.7 Å². The zero-order chi connectivity index (χ0) is 18.4. The predicted molar refractivity (Wildman–Crippen MR) is 101 cm³/mol. The van der Waals surface area contributed by atoms with Gasteiger partial charge in [0.2, 0.25) is 0 Å². The molecular formula is C20H18N6O. The average molecular weight is 358 g/mol. The number of hydrogen-bond acceptors (Lipinski definition) is 5. The summed E-state index contributed by atoms with van der Waals surface area (Å²) in [6.07, 6.45) is 11.8. The van der Waals surface area contributed by atoms with Crippen LogP contribution in [0.5, 0.6) is 5.75 Å². The monoisotopic (exact) mass is 358 g/mol. The van der Waals surface area contributed by atoms with E-state index in [2.05, 4.69) is 32.2 Å². The summed E-state index contributed by atoms with van der Waals surface area (Å²) in [7, 11) is 1.89. The minimum atomic E-state index is 0.143. The molecule has 4 aromatic heterocycles. The average Bonchev–Trinajstić information content (AvgIpc) is 3.41. The number of nitrogens with one attached hydrogen (secondary N) is 1. The Balaban J connectivity index is 1.74. The highest BCUT2D eigenvalue weighted by Gasteiger charge is 2.22. The van der Waals surface area contributed by atoms with Gasteiger partial charge in [-0.05, 0) is 31.7 Å². The van der Waals surface area contributed by atoms with Crippen molar-refractivity contribution in [3.8, 4) is 22.9 Å². The van der Waals surface area contributed by atoms with Gasteiger partial charge in [0.1, 0.15) is 11.7 Å². The summed E-state index contributed by atoms with van der Waals surface area (Å²) in [6, 6.07) is 4.25. The lowest BCUT2D eigenvalue weighted by Gasteiger charge is -2.14. The molecule has 1 N–H and O–H groups in total. The van der Waals surface area contributed by atoms with Crippen molar-refractivity contribution in [2.24, 2.45) is 7.05 Å². The van der Waals surface area contributed by atoms with Crippen LogP contribution >= 0.6 is 0 Å². The fraction of sp³-hybridized carbons (Fsp3) is 0.300. The lowest BCUT2D eigenvalue weighted by atomic mass is 10.1. The second kappa shape index (κ2) is 6.09. The standard InChI is InChI=1S/C20H18N6O/c1-26-11-13(9-24-26)12-6-15-18-17(25-20(15)23-8-12)10-22-16(7-21)19(18)27-14-4-2-3-5-14/h6,8-11,14H,2-5H2,1H3,(H,23,25). The van der Waals surface area contributed by atoms with Gasteiger partial charge in [0.05, 0.1) is 29.4 Å². The Morgan fingerprint density at radius 2 is 2.04 bits per heavy atom. The largest absolute Gasteiger partial charge is 0.487 e. The van der Waals surface area contributed by atoms with E-state index in [0.29, 0.717) is 11.4 Å². The molecule has 1 fully saturated rings. The van der Waals surface area contributed by atoms with Crippen molar-refractivity contribution >= 4 is 21.9 Å². The zero-order valence-corrected chi connectivity index (χ0v) is 14.9. The van der Waals surface area contributed by atoms with Crippen LogP contribution in [0.1, 0.15) is 31.4 Å². The Morgan fingerprint density at radius 1 is 1.19 bits per heavy atom. The minimum Gasteiger partial charge on any atom is -0.487 e. The minimum absolute atomic E-state index is 0.143. The first-order valence-corrected chi connectivity index (χ1v) is 9.09. The fourth-order valence-electron chi connectivity index (χ4n) is 3.83. The molecule has 7 heteroatoms. The molecule has 0 atom stereocenters. The molecule has 1 saturated carbocycles. The highest BCUT2D eigenvalue weighted by atomic mass is 16.5. The van der Waals surface area contributed by atoms with Gasteiger partial charge in [-0.25, -0.2) is 9.97 Å². The maximum absolute atomic E-state index is 9.57. The van der Waals surface area contributed by atoms with Crippen LogP contribution in [0.4, 0.5) is 0 Å². The van der Waals surface area contributed by atoms with Crippen molar-refractivity contribution in [2.75, 3.05) is 0 Å². The van der Waals surface area contributed by atoms with E-state index in [0.717, 1.165) is 58.7 Å². The molecule has 134 valence electrons. The summed E-state index contributed by atoms with van der Waals surface area (Å²) in [5, 5.41) is 15.6. The number of rotatable bonds is 3. The SMILES string of the molecule is Cn1cc(-c2cnc3[nH]c4cnc(C#N)c(OC5CCCC5)c4c3c2)cn1. The molecule has 0 amide bonds. The second-order valence-corrected chi connectivity index (χ2v) is 7.01. The molecule has 7 nitrogen and oxygen atoms in total. The Labute approximate surface area is 155 Å². The summed E-state index contributed by atoms with van der Waals surface area (Å²) in [4.78, 5) is 12.2. The van der Waals surface area contributed by atoms with Crippen molar-refractivity contribution in [1.29, 1.82) is 5.26 Å². The number of nitriles is 1. The maximum atomic E-state index is 9.57. The quantitative estimate of drug-likeness (QED) is 0.603. The lowest BCUT2D eigenvalue weighted by Crippen LogP contribution is -2.12. The van der Waals surface area contributed by atoms with Crippen LogP contribution < -0.4 is 4.74 Å². The van der Waals surface area contributed by atoms with Gasteiger partial charge >= 0.3 is 0 Å². The van der Waals surface area contributed by atoms with E-state index in [4.69, 9.17) is 4.74 Å². The van der Waals surface area contributed by atoms with Crippen LogP contribution in [0.15, 0.2) is 30.9 Å². The molecule has 0 radical (unpaired) electrons. The number of H-pyrrole nitrogens is 1. The molecule has 4 heterocycles. The Morgan fingerprint density at radius 3 is 2.78 bits per heavy atom. The van der Waals surface area contributed by atoms with Crippen molar-refractivity contribution in [2.45, 2.75) is 31.8 Å². The van der Waals surface area contributed by atoms with E-state index < -0.39 is 0 Å². The van der Waals surface area contributed by atoms with Gasteiger partial charge in [-0.1, -0.05) is 0 Å². The smallest absolute Gasteiger partial charge is 0.183 e. The van der Waals surface area contributed by atoms with Crippen LogP contribution in [0.25, 0.3) is 33.1 Å². The van der Waals surface area contributed by atoms with Crippen LogP contribution in [0.2, 0.25) is 0 Å². The number of hydrogen-bond donors (Lipinski definition) is 1. The Kier molecular flexibility index (Phi) is 3.57. The first-order valence-electron chi connectivity index (χ1n) is 9.09. The van der Waals surface area contributed by atoms with E-state index >= 15 is 0 Å². The molecule has 1 aliphatic rings. The van der Waals surface area contributed by atoms with Crippen molar-refractivity contribution in [3.63, 3.8) is 0 Å². The molecule has 0 unspecified atom stereocenters. The van der Waals surface area contributed by atoms with Crippen molar-refractivity contribution < 1.29 is 4.74 Å². The van der Waals surface area contributed by atoms with Gasteiger partial charge in [-0.15, -0.1) is 0 Å². The van der Waals surface area contributed by atoms with Crippen LogP contribution in [-0.2, 0) is 7.05 Å². The summed E-state index contributed by atoms with van der Waals surface area (Å²) in [5.41, 5.74) is 3.87. The van der Waals surface area contributed by atoms with Crippen LogP contribution in [0.3, 0.4) is 0 Å². The molecule has 0 aliphatic heterocycles. The van der Waals surface area contributed by atoms with Crippen LogP contribution in [-0.4, -0.2) is 30.8 Å². The van der Waals surface area contributed by atoms with E-state index in [1.165, 1.54) is 0 Å². The first-order chi connectivity index (χ1) is 13.2. The highest BCUT2D eigenvalue weighted by molar-refractivity contribution is 6.10. The number of pyridine rings is 2. The van der Waals surface area contributed by atoms with Gasteiger partial charge in [0.25, 0.3) is 0 Å². The summed E-state index contributed by atoms with van der Waals surface area (Å²) in [5.74, 6) is 0.568. The third-order valence-corrected chi connectivity index (χ3v) is 5.18. The molecule has 0 aromatic carbocycles. The molecular weight excluding hydrogens is 340 g/mol. The summed E-state index contributed by atoms with van der Waals surface area (Å²) < 4.78 is 8.04. The highest BCUT2D eigenvalue weighted by Crippen LogP contribution is 2.37. The molecule has 5 rings (SSSR count). The third kappa shape index (κ3) is 2.61.